The zero-order valence-corrected chi connectivity index (χ0v) is 18.7. The SMILES string of the molecule is N#C[C@]1(Cc2ccccc2[N+](=O)[O-])c2ccccc2[C@@H]2[C@H](N1C(=O)c1ccccc1)C2(Cl)Cl. The molecule has 33 heavy (non-hydrogen) atoms. The number of nitro benzene ring substituents is 1. The number of hydrogen-bond acceptors (Lipinski definition) is 4. The number of carbonyl (C=O) groups is 1. The third-order valence-corrected chi connectivity index (χ3v) is 7.42. The van der Waals surface area contributed by atoms with Crippen molar-refractivity contribution in [1.29, 1.82) is 5.26 Å². The van der Waals surface area contributed by atoms with Crippen LogP contribution in [-0.2, 0) is 12.0 Å². The van der Waals surface area contributed by atoms with E-state index in [4.69, 9.17) is 23.2 Å². The molecular weight excluding hydrogens is 461 g/mol. The lowest BCUT2D eigenvalue weighted by Crippen LogP contribution is -2.54. The average molecular weight is 478 g/mol. The van der Waals surface area contributed by atoms with Gasteiger partial charge in [0.15, 0.2) is 5.54 Å². The van der Waals surface area contributed by atoms with Gasteiger partial charge in [0.1, 0.15) is 4.33 Å². The van der Waals surface area contributed by atoms with Gasteiger partial charge in [-0.2, -0.15) is 5.26 Å². The van der Waals surface area contributed by atoms with Crippen molar-refractivity contribution in [2.24, 2.45) is 0 Å². The molecule has 1 saturated carbocycles. The van der Waals surface area contributed by atoms with Gasteiger partial charge in [-0.15, -0.1) is 0 Å². The predicted octanol–water partition coefficient (Wildman–Crippen LogP) is 5.35. The van der Waals surface area contributed by atoms with Crippen molar-refractivity contribution in [2.75, 3.05) is 0 Å². The van der Waals surface area contributed by atoms with Crippen molar-refractivity contribution < 1.29 is 9.72 Å². The zero-order valence-electron chi connectivity index (χ0n) is 17.2. The second-order valence-corrected chi connectivity index (χ2v) is 9.70. The Bertz CT molecular complexity index is 1320. The summed E-state index contributed by atoms with van der Waals surface area (Å²) in [4.78, 5) is 26.5. The summed E-state index contributed by atoms with van der Waals surface area (Å²) in [6.45, 7) is 0. The normalized spacial score (nSPS) is 24.2. The van der Waals surface area contributed by atoms with E-state index in [1.807, 2.05) is 12.1 Å². The number of fused-ring (bicyclic) bond motifs is 3. The summed E-state index contributed by atoms with van der Waals surface area (Å²) in [6, 6.07) is 23.8. The average Bonchev–Trinajstić information content (AvgIpc) is 3.40. The second-order valence-electron chi connectivity index (χ2n) is 8.26. The molecule has 164 valence electrons. The zero-order chi connectivity index (χ0) is 23.4. The summed E-state index contributed by atoms with van der Waals surface area (Å²) in [6.07, 6.45) is -0.0800. The molecule has 3 atom stereocenters. The smallest absolute Gasteiger partial charge is 0.272 e. The maximum absolute atomic E-state index is 13.8. The molecule has 1 aliphatic heterocycles. The minimum atomic E-state index is -1.54. The molecule has 0 unspecified atom stereocenters. The molecule has 1 fully saturated rings. The lowest BCUT2D eigenvalue weighted by molar-refractivity contribution is -0.385. The quantitative estimate of drug-likeness (QED) is 0.287. The summed E-state index contributed by atoms with van der Waals surface area (Å²) in [5, 5.41) is 22.4. The fourth-order valence-corrected chi connectivity index (χ4v) is 5.78. The molecule has 1 amide bonds. The molecule has 3 aromatic rings. The van der Waals surface area contributed by atoms with Gasteiger partial charge in [-0.05, 0) is 23.3 Å². The van der Waals surface area contributed by atoms with Crippen LogP contribution in [0.3, 0.4) is 0 Å². The van der Waals surface area contributed by atoms with Crippen molar-refractivity contribution in [3.05, 3.63) is 111 Å². The van der Waals surface area contributed by atoms with Crippen LogP contribution in [0.4, 0.5) is 5.69 Å². The van der Waals surface area contributed by atoms with Crippen molar-refractivity contribution in [3.8, 4) is 6.07 Å². The Balaban J connectivity index is 1.75. The number of nitrogens with zero attached hydrogens (tertiary/aromatic N) is 3. The Hall–Kier alpha value is -3.40. The van der Waals surface area contributed by atoms with Crippen LogP contribution < -0.4 is 0 Å². The minimum Gasteiger partial charge on any atom is -0.309 e. The topological polar surface area (TPSA) is 87.2 Å². The number of rotatable bonds is 4. The van der Waals surface area contributed by atoms with Gasteiger partial charge in [0.25, 0.3) is 11.6 Å². The number of carbonyl (C=O) groups excluding carboxylic acids is 1. The first-order valence-electron chi connectivity index (χ1n) is 10.3. The highest BCUT2D eigenvalue weighted by Gasteiger charge is 2.74. The van der Waals surface area contributed by atoms with Gasteiger partial charge in [0.05, 0.1) is 17.0 Å². The molecule has 0 N–H and O–H groups in total. The van der Waals surface area contributed by atoms with Gasteiger partial charge >= 0.3 is 0 Å². The van der Waals surface area contributed by atoms with Crippen LogP contribution >= 0.6 is 23.2 Å². The monoisotopic (exact) mass is 477 g/mol. The Labute approximate surface area is 200 Å². The Morgan fingerprint density at radius 2 is 1.67 bits per heavy atom. The van der Waals surface area contributed by atoms with Crippen LogP contribution in [0.25, 0.3) is 0 Å². The van der Waals surface area contributed by atoms with Crippen LogP contribution in [0.2, 0.25) is 0 Å². The molecule has 2 aliphatic rings. The molecule has 5 rings (SSSR count). The van der Waals surface area contributed by atoms with Crippen LogP contribution in [0, 0.1) is 21.4 Å². The van der Waals surface area contributed by atoms with E-state index in [0.29, 0.717) is 16.7 Å². The molecule has 6 nitrogen and oxygen atoms in total. The molecule has 0 aromatic heterocycles. The minimum absolute atomic E-state index is 0.0800. The van der Waals surface area contributed by atoms with Crippen molar-refractivity contribution in [2.45, 2.75) is 28.3 Å². The van der Waals surface area contributed by atoms with Gasteiger partial charge in [0, 0.05) is 29.5 Å². The lowest BCUT2D eigenvalue weighted by Gasteiger charge is -2.43. The third-order valence-electron chi connectivity index (χ3n) is 6.51. The maximum atomic E-state index is 13.8. The van der Waals surface area contributed by atoms with Gasteiger partial charge in [0.2, 0.25) is 0 Å². The largest absolute Gasteiger partial charge is 0.309 e. The lowest BCUT2D eigenvalue weighted by atomic mass is 9.76. The molecule has 3 aromatic carbocycles. The highest BCUT2D eigenvalue weighted by molar-refractivity contribution is 6.52. The van der Waals surface area contributed by atoms with E-state index in [2.05, 4.69) is 6.07 Å². The number of nitro groups is 1. The van der Waals surface area contributed by atoms with Crippen molar-refractivity contribution in [1.82, 2.24) is 4.90 Å². The summed E-state index contributed by atoms with van der Waals surface area (Å²) in [5.74, 6) is -0.764. The van der Waals surface area contributed by atoms with E-state index >= 15 is 0 Å². The second kappa shape index (κ2) is 7.58. The summed E-state index contributed by atoms with van der Waals surface area (Å²) in [7, 11) is 0. The first kappa shape index (κ1) is 21.4. The van der Waals surface area contributed by atoms with E-state index in [-0.39, 0.29) is 18.0 Å². The maximum Gasteiger partial charge on any atom is 0.272 e. The highest BCUT2D eigenvalue weighted by atomic mass is 35.5. The Morgan fingerprint density at radius 3 is 2.36 bits per heavy atom. The molecule has 0 bridgehead atoms. The fourth-order valence-electron chi connectivity index (χ4n) is 4.99. The molecule has 0 radical (unpaired) electrons. The van der Waals surface area contributed by atoms with Crippen LogP contribution in [0.5, 0.6) is 0 Å². The molecule has 0 spiro atoms. The van der Waals surface area contributed by atoms with Gasteiger partial charge < -0.3 is 4.90 Å². The van der Waals surface area contributed by atoms with E-state index < -0.39 is 26.7 Å². The number of para-hydroxylation sites is 1. The number of benzene rings is 3. The summed E-state index contributed by atoms with van der Waals surface area (Å²) < 4.78 is -1.28. The Kier molecular flexibility index (Phi) is 4.93. The number of halogens is 2. The first-order valence-corrected chi connectivity index (χ1v) is 11.1. The summed E-state index contributed by atoms with van der Waals surface area (Å²) >= 11 is 13.4. The predicted molar refractivity (Wildman–Crippen MR) is 124 cm³/mol. The van der Waals surface area contributed by atoms with Crippen LogP contribution in [0.1, 0.15) is 33.0 Å². The van der Waals surface area contributed by atoms with Crippen molar-refractivity contribution >= 4 is 34.8 Å². The molecule has 1 heterocycles. The van der Waals surface area contributed by atoms with Crippen LogP contribution in [-0.4, -0.2) is 26.1 Å². The van der Waals surface area contributed by atoms with Gasteiger partial charge in [-0.25, -0.2) is 0 Å². The Morgan fingerprint density at radius 1 is 1.03 bits per heavy atom. The number of hydrogen-bond donors (Lipinski definition) is 0. The van der Waals surface area contributed by atoms with Gasteiger partial charge in [-0.3, -0.25) is 14.9 Å². The number of alkyl halides is 2. The van der Waals surface area contributed by atoms with E-state index in [1.165, 1.54) is 11.0 Å². The van der Waals surface area contributed by atoms with E-state index in [0.717, 1.165) is 5.56 Å². The third kappa shape index (κ3) is 3.12. The van der Waals surface area contributed by atoms with Gasteiger partial charge in [-0.1, -0.05) is 83.9 Å². The van der Waals surface area contributed by atoms with E-state index in [1.54, 1.807) is 60.7 Å². The molecule has 1 aliphatic carbocycles. The molecule has 8 heteroatoms. The number of amides is 1. The van der Waals surface area contributed by atoms with E-state index in [9.17, 15) is 20.2 Å². The fraction of sp³-hybridized carbons (Fsp3) is 0.200. The molecular formula is C25H17Cl2N3O3. The van der Waals surface area contributed by atoms with Crippen LogP contribution in [0.15, 0.2) is 78.9 Å². The summed E-state index contributed by atoms with van der Waals surface area (Å²) in [5.41, 5.74) is 0.441. The van der Waals surface area contributed by atoms with Crippen molar-refractivity contribution in [3.63, 3.8) is 0 Å². The highest BCUT2D eigenvalue weighted by Crippen LogP contribution is 2.68. The number of nitriles is 1. The molecule has 0 saturated heterocycles. The first-order chi connectivity index (χ1) is 15.8. The standard InChI is InChI=1S/C25H17Cl2N3O3/c26-25(27)21-18-11-5-6-12-19(18)24(15-28,14-17-10-4-7-13-20(17)30(32)33)29(22(21)25)23(31)16-8-2-1-3-9-16/h1-13,21-22H,14H2/t21-,22+,24-/m1/s1.